The molecule has 0 aliphatic carbocycles. The highest BCUT2D eigenvalue weighted by Crippen LogP contribution is 2.11. The maximum Gasteiger partial charge on any atom is 0.329 e. The molecule has 0 radical (unpaired) electrons. The number of hydrazone groups is 1. The van der Waals surface area contributed by atoms with Crippen molar-refractivity contribution in [3.05, 3.63) is 39.9 Å². The normalized spacial score (nSPS) is 11.9. The molecule has 21 heavy (non-hydrogen) atoms. The molecular formula is C13H16N4O4. The van der Waals surface area contributed by atoms with Gasteiger partial charge < -0.3 is 5.32 Å². The topological polar surface area (TPSA) is 114 Å². The van der Waals surface area contributed by atoms with Crippen LogP contribution in [0.4, 0.5) is 5.69 Å². The fourth-order valence-corrected chi connectivity index (χ4v) is 1.33. The molecule has 1 aromatic carbocycles. The molecule has 0 aliphatic rings. The highest BCUT2D eigenvalue weighted by Gasteiger charge is 2.14. The molecule has 8 nitrogen and oxygen atoms in total. The molecule has 0 saturated heterocycles. The van der Waals surface area contributed by atoms with Gasteiger partial charge in [0.2, 0.25) is 0 Å². The van der Waals surface area contributed by atoms with E-state index in [1.807, 2.05) is 6.92 Å². The van der Waals surface area contributed by atoms with Gasteiger partial charge in [0.05, 0.1) is 11.1 Å². The number of nitrogens with one attached hydrogen (secondary N) is 2. The zero-order valence-electron chi connectivity index (χ0n) is 11.7. The van der Waals surface area contributed by atoms with Crippen LogP contribution in [0.5, 0.6) is 0 Å². The average molecular weight is 292 g/mol. The number of carbonyl (C=O) groups is 2. The second-order valence-corrected chi connectivity index (χ2v) is 4.33. The molecule has 112 valence electrons. The molecule has 1 aromatic rings. The molecule has 0 spiro atoms. The third-order valence-corrected chi connectivity index (χ3v) is 2.66. The van der Waals surface area contributed by atoms with Crippen LogP contribution in [0, 0.1) is 10.1 Å². The molecule has 8 heteroatoms. The molecule has 0 unspecified atom stereocenters. The van der Waals surface area contributed by atoms with Crippen LogP contribution in [-0.4, -0.2) is 29.0 Å². The first-order valence-corrected chi connectivity index (χ1v) is 6.32. The van der Waals surface area contributed by atoms with Crippen LogP contribution in [0.15, 0.2) is 29.4 Å². The predicted octanol–water partition coefficient (Wildman–Crippen LogP) is 0.960. The molecule has 1 atom stereocenters. The van der Waals surface area contributed by atoms with Crippen molar-refractivity contribution in [3.63, 3.8) is 0 Å². The van der Waals surface area contributed by atoms with Gasteiger partial charge in [0.1, 0.15) is 0 Å². The lowest BCUT2D eigenvalue weighted by molar-refractivity contribution is -0.384. The van der Waals surface area contributed by atoms with Crippen molar-refractivity contribution in [1.29, 1.82) is 0 Å². The second-order valence-electron chi connectivity index (χ2n) is 4.33. The molecular weight excluding hydrogens is 276 g/mol. The number of benzene rings is 1. The van der Waals surface area contributed by atoms with Crippen LogP contribution in [0.3, 0.4) is 0 Å². The number of nitro benzene ring substituents is 1. The van der Waals surface area contributed by atoms with E-state index in [1.54, 1.807) is 13.0 Å². The van der Waals surface area contributed by atoms with E-state index in [4.69, 9.17) is 0 Å². The van der Waals surface area contributed by atoms with Gasteiger partial charge in [-0.25, -0.2) is 5.43 Å². The quantitative estimate of drug-likeness (QED) is 0.364. The van der Waals surface area contributed by atoms with Crippen molar-refractivity contribution >= 4 is 23.7 Å². The minimum Gasteiger partial charge on any atom is -0.345 e. The summed E-state index contributed by atoms with van der Waals surface area (Å²) in [4.78, 5) is 32.9. The van der Waals surface area contributed by atoms with Crippen LogP contribution in [0.2, 0.25) is 0 Å². The van der Waals surface area contributed by atoms with E-state index >= 15 is 0 Å². The Hall–Kier alpha value is -2.77. The van der Waals surface area contributed by atoms with Gasteiger partial charge in [-0.2, -0.15) is 5.10 Å². The summed E-state index contributed by atoms with van der Waals surface area (Å²) in [6, 6.07) is 5.62. The summed E-state index contributed by atoms with van der Waals surface area (Å²) in [5.41, 5.74) is 2.41. The van der Waals surface area contributed by atoms with E-state index in [2.05, 4.69) is 15.8 Å². The third kappa shape index (κ3) is 5.39. The summed E-state index contributed by atoms with van der Waals surface area (Å²) < 4.78 is 0. The highest BCUT2D eigenvalue weighted by molar-refractivity contribution is 6.35. The first kappa shape index (κ1) is 16.3. The van der Waals surface area contributed by atoms with Gasteiger partial charge in [-0.1, -0.05) is 19.1 Å². The largest absolute Gasteiger partial charge is 0.345 e. The van der Waals surface area contributed by atoms with Crippen LogP contribution in [0.25, 0.3) is 0 Å². The second kappa shape index (κ2) is 7.73. The molecule has 0 saturated carbocycles. The Labute approximate surface area is 121 Å². The maximum absolute atomic E-state index is 11.4. The minimum atomic E-state index is -0.892. The first-order valence-electron chi connectivity index (χ1n) is 6.32. The number of rotatable bonds is 5. The molecule has 0 aromatic heterocycles. The fourth-order valence-electron chi connectivity index (χ4n) is 1.33. The van der Waals surface area contributed by atoms with Crippen molar-refractivity contribution in [2.45, 2.75) is 26.3 Å². The van der Waals surface area contributed by atoms with Gasteiger partial charge in [-0.05, 0) is 13.3 Å². The summed E-state index contributed by atoms with van der Waals surface area (Å²) >= 11 is 0. The van der Waals surface area contributed by atoms with Crippen molar-refractivity contribution in [2.24, 2.45) is 5.10 Å². The van der Waals surface area contributed by atoms with Crippen LogP contribution < -0.4 is 10.7 Å². The van der Waals surface area contributed by atoms with Gasteiger partial charge in [0.15, 0.2) is 0 Å². The highest BCUT2D eigenvalue weighted by atomic mass is 16.6. The molecule has 0 heterocycles. The van der Waals surface area contributed by atoms with Crippen molar-refractivity contribution in [1.82, 2.24) is 10.7 Å². The van der Waals surface area contributed by atoms with Crippen molar-refractivity contribution in [3.8, 4) is 0 Å². The Balaban J connectivity index is 2.58. The van der Waals surface area contributed by atoms with E-state index in [-0.39, 0.29) is 11.7 Å². The van der Waals surface area contributed by atoms with E-state index < -0.39 is 16.7 Å². The summed E-state index contributed by atoms with van der Waals surface area (Å²) in [6.07, 6.45) is 1.93. The van der Waals surface area contributed by atoms with Gasteiger partial charge in [0.25, 0.3) is 5.69 Å². The number of nitrogens with zero attached hydrogens (tertiary/aromatic N) is 2. The van der Waals surface area contributed by atoms with Crippen LogP contribution in [0.1, 0.15) is 25.8 Å². The fraction of sp³-hybridized carbons (Fsp3) is 0.308. The molecule has 1 rings (SSSR count). The lowest BCUT2D eigenvalue weighted by Crippen LogP contribution is -2.41. The standard InChI is InChI=1S/C13H16N4O4/c1-3-9(2)15-12(18)13(19)16-14-8-10-5-4-6-11(7-10)17(20)21/h4-9H,3H2,1-2H3,(H,15,18)(H,16,19)/b14-8-/t9-/m0/s1. The maximum atomic E-state index is 11.4. The number of amides is 2. The predicted molar refractivity (Wildman–Crippen MR) is 76.7 cm³/mol. The summed E-state index contributed by atoms with van der Waals surface area (Å²) in [5.74, 6) is -1.67. The lowest BCUT2D eigenvalue weighted by atomic mass is 10.2. The zero-order valence-corrected chi connectivity index (χ0v) is 11.7. The van der Waals surface area contributed by atoms with E-state index in [0.717, 1.165) is 0 Å². The van der Waals surface area contributed by atoms with Gasteiger partial charge in [-0.3, -0.25) is 19.7 Å². The number of nitro groups is 1. The van der Waals surface area contributed by atoms with Crippen molar-refractivity contribution < 1.29 is 14.5 Å². The number of carbonyl (C=O) groups excluding carboxylic acids is 2. The van der Waals surface area contributed by atoms with Gasteiger partial charge in [0, 0.05) is 23.7 Å². The molecule has 0 bridgehead atoms. The third-order valence-electron chi connectivity index (χ3n) is 2.66. The lowest BCUT2D eigenvalue weighted by Gasteiger charge is -2.09. The SMILES string of the molecule is CC[C@H](C)NC(=O)C(=O)N/N=C\c1cccc([N+](=O)[O-])c1. The molecule has 2 amide bonds. The Morgan fingerprint density at radius 2 is 2.14 bits per heavy atom. The number of hydrogen-bond donors (Lipinski definition) is 2. The number of non-ortho nitro benzene ring substituents is 1. The monoisotopic (exact) mass is 292 g/mol. The Bertz CT molecular complexity index is 571. The van der Waals surface area contributed by atoms with E-state index in [9.17, 15) is 19.7 Å². The zero-order chi connectivity index (χ0) is 15.8. The Kier molecular flexibility index (Phi) is 5.99. The van der Waals surface area contributed by atoms with Gasteiger partial charge >= 0.3 is 11.8 Å². The van der Waals surface area contributed by atoms with E-state index in [0.29, 0.717) is 12.0 Å². The van der Waals surface area contributed by atoms with Gasteiger partial charge in [-0.15, -0.1) is 0 Å². The summed E-state index contributed by atoms with van der Waals surface area (Å²) in [5, 5.41) is 16.7. The smallest absolute Gasteiger partial charge is 0.329 e. The minimum absolute atomic E-state index is 0.0835. The van der Waals surface area contributed by atoms with E-state index in [1.165, 1.54) is 24.4 Å². The van der Waals surface area contributed by atoms with Crippen LogP contribution in [-0.2, 0) is 9.59 Å². The number of hydrogen-bond acceptors (Lipinski definition) is 5. The molecule has 0 fully saturated rings. The summed E-state index contributed by atoms with van der Waals surface area (Å²) in [7, 11) is 0. The average Bonchev–Trinajstić information content (AvgIpc) is 2.47. The summed E-state index contributed by atoms with van der Waals surface area (Å²) in [6.45, 7) is 3.65. The molecule has 2 N–H and O–H groups in total. The van der Waals surface area contributed by atoms with Crippen LogP contribution >= 0.6 is 0 Å². The Morgan fingerprint density at radius 3 is 2.76 bits per heavy atom. The molecule has 0 aliphatic heterocycles. The Morgan fingerprint density at radius 1 is 1.43 bits per heavy atom. The van der Waals surface area contributed by atoms with Crippen molar-refractivity contribution in [2.75, 3.05) is 0 Å². The first-order chi connectivity index (χ1) is 9.93.